The first-order valence-corrected chi connectivity index (χ1v) is 10.2. The van der Waals surface area contributed by atoms with Gasteiger partial charge in [-0.1, -0.05) is 32.4 Å². The maximum absolute atomic E-state index is 13.3. The van der Waals surface area contributed by atoms with Gasteiger partial charge in [0, 0.05) is 31.6 Å². The van der Waals surface area contributed by atoms with E-state index in [0.717, 1.165) is 48.8 Å². The van der Waals surface area contributed by atoms with Crippen LogP contribution in [0.25, 0.3) is 10.9 Å². The molecule has 1 N–H and O–H groups in total. The molecule has 0 radical (unpaired) electrons. The summed E-state index contributed by atoms with van der Waals surface area (Å²) < 4.78 is 0. The molecule has 2 aromatic rings. The maximum Gasteiger partial charge on any atom is 0.275 e. The number of rotatable bonds is 2. The van der Waals surface area contributed by atoms with Crippen LogP contribution < -0.4 is 0 Å². The van der Waals surface area contributed by atoms with Crippen molar-refractivity contribution in [1.82, 2.24) is 20.0 Å². The number of amides is 2. The van der Waals surface area contributed by atoms with E-state index < -0.39 is 5.41 Å². The Bertz CT molecular complexity index is 926. The highest BCUT2D eigenvalue weighted by molar-refractivity contribution is 6.05. The van der Waals surface area contributed by atoms with E-state index >= 15 is 0 Å². The van der Waals surface area contributed by atoms with E-state index in [1.807, 2.05) is 34.9 Å². The van der Waals surface area contributed by atoms with Gasteiger partial charge in [-0.3, -0.25) is 14.7 Å². The summed E-state index contributed by atoms with van der Waals surface area (Å²) >= 11 is 0. The second kappa shape index (κ2) is 6.61. The lowest BCUT2D eigenvalue weighted by Crippen LogP contribution is -2.52. The van der Waals surface area contributed by atoms with E-state index in [9.17, 15) is 9.59 Å². The van der Waals surface area contributed by atoms with Gasteiger partial charge in [-0.2, -0.15) is 5.10 Å². The van der Waals surface area contributed by atoms with E-state index in [-0.39, 0.29) is 17.2 Å². The van der Waals surface area contributed by atoms with Gasteiger partial charge in [0.25, 0.3) is 5.91 Å². The number of piperidine rings is 1. The Kier molecular flexibility index (Phi) is 4.47. The number of nitrogens with zero attached hydrogens (tertiary/aromatic N) is 3. The van der Waals surface area contributed by atoms with Crippen LogP contribution >= 0.6 is 0 Å². The molecule has 4 rings (SSSR count). The summed E-state index contributed by atoms with van der Waals surface area (Å²) in [6.45, 7) is 11.2. The summed E-state index contributed by atoms with van der Waals surface area (Å²) in [6.07, 6.45) is 2.63. The van der Waals surface area contributed by atoms with Crippen LogP contribution in [0.4, 0.5) is 0 Å². The number of carbonyl (C=O) groups excluding carboxylic acids is 2. The van der Waals surface area contributed by atoms with Crippen LogP contribution in [0.3, 0.4) is 0 Å². The predicted molar refractivity (Wildman–Crippen MR) is 109 cm³/mol. The second-order valence-corrected chi connectivity index (χ2v) is 9.77. The molecule has 2 aliphatic rings. The Hall–Kier alpha value is -2.37. The highest BCUT2D eigenvalue weighted by Gasteiger charge is 2.50. The molecule has 2 aliphatic heterocycles. The number of aromatic amines is 1. The topological polar surface area (TPSA) is 69.3 Å². The maximum atomic E-state index is 13.3. The molecule has 150 valence electrons. The number of benzene rings is 1. The van der Waals surface area contributed by atoms with Crippen LogP contribution in [-0.2, 0) is 4.79 Å². The molecule has 0 unspecified atom stereocenters. The van der Waals surface area contributed by atoms with Crippen LogP contribution in [0, 0.1) is 17.8 Å². The lowest BCUT2D eigenvalue weighted by Gasteiger charge is -2.41. The van der Waals surface area contributed by atoms with Crippen molar-refractivity contribution in [3.05, 3.63) is 29.5 Å². The molecule has 28 heavy (non-hydrogen) atoms. The molecule has 0 bridgehead atoms. The van der Waals surface area contributed by atoms with Gasteiger partial charge in [0.05, 0.1) is 10.9 Å². The molecule has 6 heteroatoms. The summed E-state index contributed by atoms with van der Waals surface area (Å²) in [6, 6.07) is 5.95. The number of nitrogens with one attached hydrogen (secondary N) is 1. The molecular weight excluding hydrogens is 352 g/mol. The Morgan fingerprint density at radius 2 is 2.04 bits per heavy atom. The molecule has 0 saturated carbocycles. The third-order valence-corrected chi connectivity index (χ3v) is 6.05. The molecule has 2 amide bonds. The molecule has 1 aromatic heterocycles. The lowest BCUT2D eigenvalue weighted by molar-refractivity contribution is -0.146. The first-order valence-electron chi connectivity index (χ1n) is 10.2. The van der Waals surface area contributed by atoms with Crippen molar-refractivity contribution >= 4 is 22.7 Å². The van der Waals surface area contributed by atoms with Gasteiger partial charge in [0.15, 0.2) is 5.69 Å². The number of likely N-dealkylation sites (tertiary alicyclic amines) is 2. The molecule has 6 nitrogen and oxygen atoms in total. The van der Waals surface area contributed by atoms with Gasteiger partial charge in [0.1, 0.15) is 0 Å². The van der Waals surface area contributed by atoms with Gasteiger partial charge in [0.2, 0.25) is 5.91 Å². The highest BCUT2D eigenvalue weighted by atomic mass is 16.2. The Balaban J connectivity index is 1.55. The third kappa shape index (κ3) is 3.29. The fourth-order valence-electron chi connectivity index (χ4n) is 4.74. The summed E-state index contributed by atoms with van der Waals surface area (Å²) in [5, 5.41) is 8.10. The third-order valence-electron chi connectivity index (χ3n) is 6.05. The van der Waals surface area contributed by atoms with Gasteiger partial charge in [-0.05, 0) is 43.7 Å². The largest absolute Gasteiger partial charge is 0.342 e. The summed E-state index contributed by atoms with van der Waals surface area (Å²) in [5.74, 6) is 0.154. The van der Waals surface area contributed by atoms with Crippen LogP contribution in [-0.4, -0.2) is 58.0 Å². The monoisotopic (exact) mass is 382 g/mol. The van der Waals surface area contributed by atoms with E-state index in [1.165, 1.54) is 0 Å². The molecule has 2 fully saturated rings. The van der Waals surface area contributed by atoms with Gasteiger partial charge in [-0.15, -0.1) is 0 Å². The average molecular weight is 383 g/mol. The van der Waals surface area contributed by atoms with Crippen molar-refractivity contribution < 1.29 is 9.59 Å². The zero-order valence-electron chi connectivity index (χ0n) is 17.3. The highest BCUT2D eigenvalue weighted by Crippen LogP contribution is 2.41. The van der Waals surface area contributed by atoms with Crippen LogP contribution in [0.5, 0.6) is 0 Å². The summed E-state index contributed by atoms with van der Waals surface area (Å²) in [5.41, 5.74) is 2.09. The van der Waals surface area contributed by atoms with Crippen molar-refractivity contribution in [2.75, 3.05) is 26.2 Å². The Labute approximate surface area is 166 Å². The summed E-state index contributed by atoms with van der Waals surface area (Å²) in [7, 11) is 0. The molecule has 1 aromatic carbocycles. The minimum atomic E-state index is -0.415. The zero-order chi connectivity index (χ0) is 20.1. The fraction of sp³-hybridized carbons (Fsp3) is 0.591. The number of hydrogen-bond acceptors (Lipinski definition) is 3. The van der Waals surface area contributed by atoms with Gasteiger partial charge < -0.3 is 9.80 Å². The number of aryl methyl sites for hydroxylation is 1. The molecule has 1 atom stereocenters. The quantitative estimate of drug-likeness (QED) is 0.866. The van der Waals surface area contributed by atoms with E-state index in [2.05, 4.69) is 31.0 Å². The van der Waals surface area contributed by atoms with Crippen molar-refractivity contribution in [3.8, 4) is 0 Å². The molecule has 1 spiro atoms. The average Bonchev–Trinajstić information content (AvgIpc) is 3.22. The van der Waals surface area contributed by atoms with Crippen molar-refractivity contribution in [2.45, 2.75) is 47.0 Å². The SMILES string of the molecule is Cc1ccc2[nH]nc(C(=O)N3CC[C@]4(CCCN(CC(C)(C)C)C4=O)C3)c2c1. The molecular formula is C22H30N4O2. The zero-order valence-corrected chi connectivity index (χ0v) is 17.3. The number of fused-ring (bicyclic) bond motifs is 1. The minimum Gasteiger partial charge on any atom is -0.342 e. The van der Waals surface area contributed by atoms with Crippen molar-refractivity contribution in [2.24, 2.45) is 10.8 Å². The first kappa shape index (κ1) is 19.0. The predicted octanol–water partition coefficient (Wildman–Crippen LogP) is 3.37. The first-order chi connectivity index (χ1) is 13.2. The molecule has 2 saturated heterocycles. The molecule has 3 heterocycles. The number of aromatic nitrogens is 2. The fourth-order valence-corrected chi connectivity index (χ4v) is 4.74. The van der Waals surface area contributed by atoms with E-state index in [1.54, 1.807) is 0 Å². The smallest absolute Gasteiger partial charge is 0.275 e. The minimum absolute atomic E-state index is 0.0746. The van der Waals surface area contributed by atoms with Gasteiger partial charge >= 0.3 is 0 Å². The van der Waals surface area contributed by atoms with Crippen molar-refractivity contribution in [1.29, 1.82) is 0 Å². The molecule has 0 aliphatic carbocycles. The standard InChI is InChI=1S/C22H30N4O2/c1-15-6-7-17-16(12-15)18(24-23-17)19(27)25-11-9-22(14-25)8-5-10-26(20(22)28)13-21(2,3)4/h6-7,12H,5,8-11,13-14H2,1-4H3,(H,23,24)/t22-/m1/s1. The van der Waals surface area contributed by atoms with E-state index in [4.69, 9.17) is 0 Å². The van der Waals surface area contributed by atoms with Crippen LogP contribution in [0.2, 0.25) is 0 Å². The lowest BCUT2D eigenvalue weighted by atomic mass is 9.77. The number of H-pyrrole nitrogens is 1. The second-order valence-electron chi connectivity index (χ2n) is 9.77. The van der Waals surface area contributed by atoms with Crippen LogP contribution in [0.15, 0.2) is 18.2 Å². The number of carbonyl (C=O) groups is 2. The Morgan fingerprint density at radius 1 is 1.25 bits per heavy atom. The van der Waals surface area contributed by atoms with Crippen LogP contribution in [0.1, 0.15) is 56.1 Å². The number of hydrogen-bond donors (Lipinski definition) is 1. The van der Waals surface area contributed by atoms with Crippen molar-refractivity contribution in [3.63, 3.8) is 0 Å². The van der Waals surface area contributed by atoms with Gasteiger partial charge in [-0.25, -0.2) is 0 Å². The normalized spacial score (nSPS) is 23.2. The van der Waals surface area contributed by atoms with E-state index in [0.29, 0.717) is 18.8 Å². The Morgan fingerprint density at radius 3 is 2.79 bits per heavy atom. The summed E-state index contributed by atoms with van der Waals surface area (Å²) in [4.78, 5) is 30.3.